The van der Waals surface area contributed by atoms with Gasteiger partial charge in [0.1, 0.15) is 11.5 Å². The fourth-order valence-electron chi connectivity index (χ4n) is 2.64. The van der Waals surface area contributed by atoms with Gasteiger partial charge >= 0.3 is 0 Å². The highest BCUT2D eigenvalue weighted by atomic mass is 79.9. The molecule has 1 amide bonds. The van der Waals surface area contributed by atoms with Crippen molar-refractivity contribution in [2.45, 2.75) is 18.9 Å². The Morgan fingerprint density at radius 1 is 1.33 bits per heavy atom. The van der Waals surface area contributed by atoms with Crippen LogP contribution in [0.15, 0.2) is 41.1 Å². The van der Waals surface area contributed by atoms with Gasteiger partial charge in [0.25, 0.3) is 5.91 Å². The number of rotatable bonds is 3. The molecule has 0 aromatic carbocycles. The molecule has 2 N–H and O–H groups in total. The molecule has 6 heteroatoms. The first-order valence-corrected chi connectivity index (χ1v) is 7.84. The van der Waals surface area contributed by atoms with E-state index in [1.54, 1.807) is 6.20 Å². The maximum Gasteiger partial charge on any atom is 0.273 e. The van der Waals surface area contributed by atoms with E-state index >= 15 is 0 Å². The molecule has 3 rings (SSSR count). The lowest BCUT2D eigenvalue weighted by Gasteiger charge is -2.25. The largest absolute Gasteiger partial charge is 0.340 e. The number of nitrogens with zero attached hydrogens (tertiary/aromatic N) is 2. The van der Waals surface area contributed by atoms with E-state index in [1.165, 1.54) is 0 Å². The summed E-state index contributed by atoms with van der Waals surface area (Å²) in [5, 5.41) is 6.20. The van der Waals surface area contributed by atoms with E-state index < -0.39 is 0 Å². The summed E-state index contributed by atoms with van der Waals surface area (Å²) >= 11 is 3.39. The van der Waals surface area contributed by atoms with Crippen LogP contribution in [0.1, 0.15) is 29.4 Å². The quantitative estimate of drug-likeness (QED) is 0.896. The van der Waals surface area contributed by atoms with E-state index in [9.17, 15) is 4.79 Å². The smallest absolute Gasteiger partial charge is 0.273 e. The van der Waals surface area contributed by atoms with Gasteiger partial charge in [0.05, 0.1) is 4.47 Å². The van der Waals surface area contributed by atoms with Gasteiger partial charge in [-0.3, -0.25) is 4.79 Å². The van der Waals surface area contributed by atoms with Crippen molar-refractivity contribution in [1.29, 1.82) is 0 Å². The van der Waals surface area contributed by atoms with E-state index in [4.69, 9.17) is 0 Å². The summed E-state index contributed by atoms with van der Waals surface area (Å²) in [5.74, 6) is 0.415. The van der Waals surface area contributed by atoms with Crippen molar-refractivity contribution in [2.75, 3.05) is 18.4 Å². The molecule has 1 saturated heterocycles. The highest BCUT2D eigenvalue weighted by molar-refractivity contribution is 9.10. The lowest BCUT2D eigenvalue weighted by Crippen LogP contribution is -2.31. The molecule has 0 atom stereocenters. The minimum atomic E-state index is -0.127. The molecule has 0 spiro atoms. The molecule has 0 saturated carbocycles. The first-order valence-electron chi connectivity index (χ1n) is 7.05. The number of nitrogens with one attached hydrogen (secondary N) is 2. The molecule has 0 bridgehead atoms. The van der Waals surface area contributed by atoms with Crippen LogP contribution in [-0.4, -0.2) is 28.5 Å². The Morgan fingerprint density at radius 3 is 2.90 bits per heavy atom. The topological polar surface area (TPSA) is 59.0 Å². The maximum absolute atomic E-state index is 12.5. The Hall–Kier alpha value is -1.66. The minimum absolute atomic E-state index is 0.127. The number of carbonyl (C=O) groups is 1. The van der Waals surface area contributed by atoms with Gasteiger partial charge in [-0.05, 0) is 66.1 Å². The van der Waals surface area contributed by atoms with Crippen LogP contribution in [-0.2, 0) is 0 Å². The molecule has 0 radical (unpaired) electrons. The van der Waals surface area contributed by atoms with Crippen LogP contribution in [0.3, 0.4) is 0 Å². The van der Waals surface area contributed by atoms with Crippen LogP contribution in [0.5, 0.6) is 0 Å². The summed E-state index contributed by atoms with van der Waals surface area (Å²) in [7, 11) is 0. The van der Waals surface area contributed by atoms with E-state index in [0.717, 1.165) is 30.4 Å². The fraction of sp³-hybridized carbons (Fsp3) is 0.333. The van der Waals surface area contributed by atoms with Crippen molar-refractivity contribution < 1.29 is 4.79 Å². The van der Waals surface area contributed by atoms with Crippen LogP contribution >= 0.6 is 15.9 Å². The van der Waals surface area contributed by atoms with Crippen LogP contribution in [0.2, 0.25) is 0 Å². The summed E-state index contributed by atoms with van der Waals surface area (Å²) in [6.45, 7) is 1.99. The Kier molecular flexibility index (Phi) is 4.36. The van der Waals surface area contributed by atoms with Crippen LogP contribution in [0, 0.1) is 0 Å². The molecular formula is C15H17BrN4O. The van der Waals surface area contributed by atoms with E-state index in [1.807, 2.05) is 30.5 Å². The third-order valence-electron chi connectivity index (χ3n) is 3.70. The number of anilines is 1. The first kappa shape index (κ1) is 14.3. The van der Waals surface area contributed by atoms with Gasteiger partial charge in [-0.1, -0.05) is 0 Å². The minimum Gasteiger partial charge on any atom is -0.340 e. The lowest BCUT2D eigenvalue weighted by atomic mass is 10.1. The number of amides is 1. The number of pyridine rings is 1. The third kappa shape index (κ3) is 3.16. The van der Waals surface area contributed by atoms with Gasteiger partial charge in [0, 0.05) is 18.4 Å². The average Bonchev–Trinajstić information content (AvgIpc) is 3.00. The van der Waals surface area contributed by atoms with Gasteiger partial charge in [-0.2, -0.15) is 0 Å². The van der Waals surface area contributed by atoms with E-state index in [-0.39, 0.29) is 5.91 Å². The summed E-state index contributed by atoms with van der Waals surface area (Å²) in [6.07, 6.45) is 5.73. The van der Waals surface area contributed by atoms with Gasteiger partial charge in [-0.25, -0.2) is 4.98 Å². The summed E-state index contributed by atoms with van der Waals surface area (Å²) < 4.78 is 2.85. The van der Waals surface area contributed by atoms with Crippen molar-refractivity contribution in [2.24, 2.45) is 0 Å². The fourth-order valence-corrected chi connectivity index (χ4v) is 2.99. The molecule has 0 unspecified atom stereocenters. The molecule has 2 aromatic heterocycles. The normalized spacial score (nSPS) is 15.9. The van der Waals surface area contributed by atoms with Gasteiger partial charge in [0.15, 0.2) is 0 Å². The van der Waals surface area contributed by atoms with Crippen molar-refractivity contribution in [3.63, 3.8) is 0 Å². The molecule has 1 fully saturated rings. The number of hydrogen-bond acceptors (Lipinski definition) is 3. The second kappa shape index (κ2) is 6.41. The molecule has 110 valence electrons. The Morgan fingerprint density at radius 2 is 2.14 bits per heavy atom. The second-order valence-electron chi connectivity index (χ2n) is 5.07. The molecule has 0 aliphatic carbocycles. The van der Waals surface area contributed by atoms with Gasteiger partial charge in [0.2, 0.25) is 0 Å². The number of carbonyl (C=O) groups excluding carboxylic acids is 1. The number of hydrogen-bond donors (Lipinski definition) is 2. The zero-order valence-electron chi connectivity index (χ0n) is 11.6. The second-order valence-corrected chi connectivity index (χ2v) is 5.92. The van der Waals surface area contributed by atoms with Gasteiger partial charge < -0.3 is 15.2 Å². The summed E-state index contributed by atoms with van der Waals surface area (Å²) in [4.78, 5) is 16.7. The zero-order chi connectivity index (χ0) is 14.7. The van der Waals surface area contributed by atoms with E-state index in [2.05, 4.69) is 36.1 Å². The third-order valence-corrected chi connectivity index (χ3v) is 4.34. The molecule has 21 heavy (non-hydrogen) atoms. The molecule has 2 aromatic rings. The van der Waals surface area contributed by atoms with Crippen LogP contribution in [0.25, 0.3) is 0 Å². The molecule has 1 aliphatic heterocycles. The number of aromatic nitrogens is 2. The van der Waals surface area contributed by atoms with Crippen molar-refractivity contribution in [3.05, 3.63) is 46.8 Å². The molecule has 3 heterocycles. The summed E-state index contributed by atoms with van der Waals surface area (Å²) in [6, 6.07) is 7.83. The Bertz CT molecular complexity index is 634. The summed E-state index contributed by atoms with van der Waals surface area (Å²) in [5.41, 5.74) is 0.680. The number of piperidine rings is 1. The predicted molar refractivity (Wildman–Crippen MR) is 85.5 cm³/mol. The highest BCUT2D eigenvalue weighted by Gasteiger charge is 2.20. The lowest BCUT2D eigenvalue weighted by molar-refractivity contribution is 0.101. The molecule has 5 nitrogen and oxygen atoms in total. The standard InChI is InChI=1S/C15H17BrN4O/c16-12-3-1-7-18-14(12)19-15(21)13-4-2-10-20(13)11-5-8-17-9-6-11/h1-4,7,10-11,17H,5-6,8-9H2,(H,18,19,21). The van der Waals surface area contributed by atoms with Gasteiger partial charge in [-0.15, -0.1) is 0 Å². The monoisotopic (exact) mass is 348 g/mol. The highest BCUT2D eigenvalue weighted by Crippen LogP contribution is 2.23. The molecule has 1 aliphatic rings. The SMILES string of the molecule is O=C(Nc1ncccc1Br)c1cccn1C1CCNCC1. The maximum atomic E-state index is 12.5. The van der Waals surface area contributed by atoms with Crippen molar-refractivity contribution >= 4 is 27.7 Å². The van der Waals surface area contributed by atoms with Crippen molar-refractivity contribution in [3.8, 4) is 0 Å². The Labute approximate surface area is 131 Å². The van der Waals surface area contributed by atoms with Crippen LogP contribution < -0.4 is 10.6 Å². The zero-order valence-corrected chi connectivity index (χ0v) is 13.1. The Balaban J connectivity index is 1.79. The first-order chi connectivity index (χ1) is 10.3. The van der Waals surface area contributed by atoms with Crippen LogP contribution in [0.4, 0.5) is 5.82 Å². The van der Waals surface area contributed by atoms with Crippen molar-refractivity contribution in [1.82, 2.24) is 14.9 Å². The predicted octanol–water partition coefficient (Wildman–Crippen LogP) is 2.82. The molecular weight excluding hydrogens is 332 g/mol. The van der Waals surface area contributed by atoms with E-state index in [0.29, 0.717) is 17.6 Å². The average molecular weight is 349 g/mol. The number of halogens is 1.